The monoisotopic (exact) mass is 496 g/mol. The maximum absolute atomic E-state index is 13.3. The van der Waals surface area contributed by atoms with Crippen molar-refractivity contribution in [2.24, 2.45) is 5.92 Å². The molecule has 3 heterocycles. The zero-order valence-electron chi connectivity index (χ0n) is 21.1. The number of likely N-dealkylation sites (tertiary alicyclic amines) is 1. The summed E-state index contributed by atoms with van der Waals surface area (Å²) < 4.78 is 16.1. The van der Waals surface area contributed by atoms with Gasteiger partial charge in [-0.15, -0.1) is 0 Å². The lowest BCUT2D eigenvalue weighted by atomic mass is 9.78. The fourth-order valence-electron chi connectivity index (χ4n) is 5.04. The van der Waals surface area contributed by atoms with Gasteiger partial charge in [0, 0.05) is 25.5 Å². The van der Waals surface area contributed by atoms with Crippen molar-refractivity contribution in [1.82, 2.24) is 20.1 Å². The van der Waals surface area contributed by atoms with Crippen LogP contribution in [0.25, 0.3) is 0 Å². The molecule has 0 bridgehead atoms. The second-order valence-electron chi connectivity index (χ2n) is 9.24. The first kappa shape index (κ1) is 25.3. The highest BCUT2D eigenvalue weighted by molar-refractivity contribution is 6.07. The van der Waals surface area contributed by atoms with Crippen LogP contribution in [-0.2, 0) is 22.6 Å². The normalized spacial score (nSPS) is 20.3. The molecule has 0 spiro atoms. The van der Waals surface area contributed by atoms with Crippen molar-refractivity contribution in [3.63, 3.8) is 0 Å². The van der Waals surface area contributed by atoms with E-state index in [0.29, 0.717) is 43.2 Å². The minimum absolute atomic E-state index is 0.0195. The number of nitrogens with one attached hydrogen (secondary N) is 1. The van der Waals surface area contributed by atoms with Crippen LogP contribution in [-0.4, -0.2) is 72.6 Å². The third-order valence-corrected chi connectivity index (χ3v) is 7.14. The molecule has 4 rings (SSSR count). The number of carbonyl (C=O) groups excluding carboxylic acids is 3. The molecule has 2 aromatic rings. The predicted octanol–water partition coefficient (Wildman–Crippen LogP) is 2.40. The minimum Gasteiger partial charge on any atom is -0.493 e. The Morgan fingerprint density at radius 1 is 1.03 bits per heavy atom. The number of rotatable bonds is 8. The summed E-state index contributed by atoms with van der Waals surface area (Å²) in [7, 11) is 4.61. The number of imide groups is 1. The highest BCUT2D eigenvalue weighted by atomic mass is 16.5. The number of ether oxygens (including phenoxy) is 3. The van der Waals surface area contributed by atoms with E-state index in [1.54, 1.807) is 48.5 Å². The quantitative estimate of drug-likeness (QED) is 0.559. The van der Waals surface area contributed by atoms with E-state index in [-0.39, 0.29) is 36.7 Å². The van der Waals surface area contributed by atoms with E-state index >= 15 is 0 Å². The van der Waals surface area contributed by atoms with E-state index in [1.165, 1.54) is 26.2 Å². The van der Waals surface area contributed by atoms with Gasteiger partial charge in [-0.3, -0.25) is 19.5 Å². The van der Waals surface area contributed by atoms with Gasteiger partial charge < -0.3 is 24.4 Å². The molecule has 2 fully saturated rings. The minimum atomic E-state index is -0.990. The van der Waals surface area contributed by atoms with Crippen LogP contribution < -0.4 is 19.5 Å². The number of pyridine rings is 1. The topological polar surface area (TPSA) is 110 Å². The molecular weight excluding hydrogens is 464 g/mol. The van der Waals surface area contributed by atoms with Crippen LogP contribution in [0.2, 0.25) is 0 Å². The molecule has 192 valence electrons. The highest BCUT2D eigenvalue weighted by Crippen LogP contribution is 2.39. The zero-order chi connectivity index (χ0) is 25.9. The number of aromatic nitrogens is 1. The first-order valence-corrected chi connectivity index (χ1v) is 11.9. The summed E-state index contributed by atoms with van der Waals surface area (Å²) >= 11 is 0. The summed E-state index contributed by atoms with van der Waals surface area (Å²) in [6, 6.07) is 6.73. The van der Waals surface area contributed by atoms with E-state index < -0.39 is 5.54 Å². The Bertz CT molecular complexity index is 1110. The summed E-state index contributed by atoms with van der Waals surface area (Å²) in [6.07, 6.45) is 4.70. The Morgan fingerprint density at radius 2 is 1.64 bits per heavy atom. The molecule has 2 aliphatic heterocycles. The van der Waals surface area contributed by atoms with Crippen LogP contribution in [0.3, 0.4) is 0 Å². The molecule has 1 N–H and O–H groups in total. The molecule has 1 atom stereocenters. The molecule has 10 nitrogen and oxygen atoms in total. The number of methoxy groups -OCH3 is 3. The van der Waals surface area contributed by atoms with Crippen molar-refractivity contribution in [2.45, 2.75) is 38.3 Å². The van der Waals surface area contributed by atoms with Gasteiger partial charge in [0.2, 0.25) is 11.7 Å². The van der Waals surface area contributed by atoms with Crippen LogP contribution >= 0.6 is 0 Å². The molecular formula is C26H32N4O6. The van der Waals surface area contributed by atoms with Crippen molar-refractivity contribution in [2.75, 3.05) is 34.4 Å². The number of carbonyl (C=O) groups is 3. The smallest absolute Gasteiger partial charge is 0.325 e. The summed E-state index contributed by atoms with van der Waals surface area (Å²) in [5.74, 6) is 1.16. The van der Waals surface area contributed by atoms with Gasteiger partial charge in [-0.05, 0) is 61.1 Å². The van der Waals surface area contributed by atoms with Crippen molar-refractivity contribution in [3.05, 3.63) is 47.8 Å². The van der Waals surface area contributed by atoms with Gasteiger partial charge in [0.1, 0.15) is 5.54 Å². The third kappa shape index (κ3) is 4.80. The average Bonchev–Trinajstić information content (AvgIpc) is 3.12. The van der Waals surface area contributed by atoms with Crippen LogP contribution in [0, 0.1) is 5.92 Å². The van der Waals surface area contributed by atoms with Gasteiger partial charge in [-0.2, -0.15) is 0 Å². The van der Waals surface area contributed by atoms with Crippen LogP contribution in [0.15, 0.2) is 36.7 Å². The van der Waals surface area contributed by atoms with Crippen molar-refractivity contribution in [1.29, 1.82) is 0 Å². The van der Waals surface area contributed by atoms with Crippen molar-refractivity contribution in [3.8, 4) is 17.2 Å². The lowest BCUT2D eigenvalue weighted by molar-refractivity contribution is -0.135. The largest absolute Gasteiger partial charge is 0.493 e. The molecule has 4 amide bonds. The lowest BCUT2D eigenvalue weighted by Gasteiger charge is -2.39. The van der Waals surface area contributed by atoms with E-state index in [0.717, 1.165) is 11.1 Å². The SMILES string of the molecule is COc1cc(CC(=O)N2CCC([C@@]3(C)NC(=O)N(Cc4ccncc4)C3=O)CC2)cc(OC)c1OC. The summed E-state index contributed by atoms with van der Waals surface area (Å²) in [6.45, 7) is 3.01. The second-order valence-corrected chi connectivity index (χ2v) is 9.24. The van der Waals surface area contributed by atoms with Gasteiger partial charge in [-0.25, -0.2) is 4.79 Å². The second kappa shape index (κ2) is 10.4. The number of amides is 4. The Kier molecular flexibility index (Phi) is 7.32. The Balaban J connectivity index is 1.38. The molecule has 1 aromatic heterocycles. The Morgan fingerprint density at radius 3 is 2.19 bits per heavy atom. The molecule has 0 saturated carbocycles. The molecule has 10 heteroatoms. The van der Waals surface area contributed by atoms with Crippen molar-refractivity contribution < 1.29 is 28.6 Å². The lowest BCUT2D eigenvalue weighted by Crippen LogP contribution is -2.54. The molecule has 0 radical (unpaired) electrons. The fourth-order valence-corrected chi connectivity index (χ4v) is 5.04. The molecule has 36 heavy (non-hydrogen) atoms. The number of hydrogen-bond acceptors (Lipinski definition) is 7. The third-order valence-electron chi connectivity index (χ3n) is 7.14. The standard InChI is InChI=1S/C26H32N4O6/c1-26(24(32)30(25(33)28-26)16-17-5-9-27-10-6-17)19-7-11-29(12-8-19)22(31)15-18-13-20(34-2)23(36-4)21(14-18)35-3/h5-6,9-10,13-14,19H,7-8,11-12,15-16H2,1-4H3,(H,28,33)/t26-/m1/s1. The Hall–Kier alpha value is -3.82. The number of hydrogen-bond donors (Lipinski definition) is 1. The highest BCUT2D eigenvalue weighted by Gasteiger charge is 2.52. The molecule has 0 aliphatic carbocycles. The van der Waals surface area contributed by atoms with E-state index in [4.69, 9.17) is 14.2 Å². The number of benzene rings is 1. The van der Waals surface area contributed by atoms with Gasteiger partial charge in [0.05, 0.1) is 34.3 Å². The average molecular weight is 497 g/mol. The van der Waals surface area contributed by atoms with Gasteiger partial charge >= 0.3 is 6.03 Å². The molecule has 2 saturated heterocycles. The maximum atomic E-state index is 13.3. The predicted molar refractivity (Wildman–Crippen MR) is 131 cm³/mol. The number of piperidine rings is 1. The van der Waals surface area contributed by atoms with Gasteiger partial charge in [-0.1, -0.05) is 0 Å². The summed E-state index contributed by atoms with van der Waals surface area (Å²) in [5.41, 5.74) is 0.606. The Labute approximate surface area is 210 Å². The van der Waals surface area contributed by atoms with Gasteiger partial charge in [0.25, 0.3) is 5.91 Å². The number of nitrogens with zero attached hydrogens (tertiary/aromatic N) is 3. The van der Waals surface area contributed by atoms with Crippen LogP contribution in [0.1, 0.15) is 30.9 Å². The molecule has 2 aliphatic rings. The van der Waals surface area contributed by atoms with Gasteiger partial charge in [0.15, 0.2) is 11.5 Å². The maximum Gasteiger partial charge on any atom is 0.325 e. The zero-order valence-corrected chi connectivity index (χ0v) is 21.1. The summed E-state index contributed by atoms with van der Waals surface area (Å²) in [4.78, 5) is 46.0. The van der Waals surface area contributed by atoms with Crippen LogP contribution in [0.4, 0.5) is 4.79 Å². The molecule has 1 aromatic carbocycles. The summed E-state index contributed by atoms with van der Waals surface area (Å²) in [5, 5.41) is 2.92. The first-order chi connectivity index (χ1) is 17.3. The first-order valence-electron chi connectivity index (χ1n) is 11.9. The van der Waals surface area contributed by atoms with E-state index in [1.807, 2.05) is 0 Å². The fraction of sp³-hybridized carbons (Fsp3) is 0.462. The van der Waals surface area contributed by atoms with E-state index in [9.17, 15) is 14.4 Å². The van der Waals surface area contributed by atoms with Crippen LogP contribution in [0.5, 0.6) is 17.2 Å². The van der Waals surface area contributed by atoms with E-state index in [2.05, 4.69) is 10.3 Å². The number of urea groups is 1. The molecule has 0 unspecified atom stereocenters. The van der Waals surface area contributed by atoms with Crippen molar-refractivity contribution >= 4 is 17.8 Å².